The van der Waals surface area contributed by atoms with E-state index in [1.165, 1.54) is 11.6 Å². The third-order valence-electron chi connectivity index (χ3n) is 2.61. The Kier molecular flexibility index (Phi) is 3.03. The van der Waals surface area contributed by atoms with E-state index in [1.807, 2.05) is 6.92 Å². The highest BCUT2D eigenvalue weighted by atomic mass is 79.9. The summed E-state index contributed by atoms with van der Waals surface area (Å²) >= 11 is 8.26. The summed E-state index contributed by atoms with van der Waals surface area (Å²) in [5, 5.41) is 0. The van der Waals surface area contributed by atoms with Crippen molar-refractivity contribution in [3.63, 3.8) is 0 Å². The summed E-state index contributed by atoms with van der Waals surface area (Å²) in [4.78, 5) is 8.65. The maximum atomic E-state index is 13.4. The average Bonchev–Trinajstić information content (AvgIpc) is 2.84. The number of halogens is 3. The molecule has 2 heterocycles. The number of aryl methyl sites for hydroxylation is 1. The van der Waals surface area contributed by atoms with E-state index in [9.17, 15) is 4.39 Å². The molecular weight excluding hydrogens is 383 g/mol. The molecule has 1 aromatic carbocycles. The van der Waals surface area contributed by atoms with Gasteiger partial charge in [0.2, 0.25) is 0 Å². The van der Waals surface area contributed by atoms with E-state index in [-0.39, 0.29) is 5.82 Å². The van der Waals surface area contributed by atoms with Gasteiger partial charge in [0.05, 0.1) is 24.2 Å². The molecule has 3 rings (SSSR count). The van der Waals surface area contributed by atoms with Crippen molar-refractivity contribution >= 4 is 54.2 Å². The minimum atomic E-state index is -0.291. The Balaban J connectivity index is 2.19. The van der Waals surface area contributed by atoms with Crippen LogP contribution in [0.5, 0.6) is 0 Å². The molecule has 0 unspecified atom stereocenters. The van der Waals surface area contributed by atoms with Crippen LogP contribution in [-0.4, -0.2) is 9.97 Å². The standard InChI is InChI=1S/C12H7Br2FN2S/c1-5-2-10(18-11(5)14)12-16-8-3-6(13)7(15)4-9(8)17-12/h2-4H,1H3,(H,16,17). The van der Waals surface area contributed by atoms with Gasteiger partial charge in [0.1, 0.15) is 11.6 Å². The summed E-state index contributed by atoms with van der Waals surface area (Å²) in [5.41, 5.74) is 2.62. The summed E-state index contributed by atoms with van der Waals surface area (Å²) in [6, 6.07) is 5.18. The molecule has 0 saturated heterocycles. The number of nitrogens with zero attached hydrogens (tertiary/aromatic N) is 1. The molecule has 1 N–H and O–H groups in total. The second kappa shape index (κ2) is 4.43. The summed E-state index contributed by atoms with van der Waals surface area (Å²) in [6.45, 7) is 2.03. The summed E-state index contributed by atoms with van der Waals surface area (Å²) in [5.74, 6) is 0.475. The molecule has 0 radical (unpaired) electrons. The summed E-state index contributed by atoms with van der Waals surface area (Å²) < 4.78 is 14.9. The third-order valence-corrected chi connectivity index (χ3v) is 5.37. The topological polar surface area (TPSA) is 28.7 Å². The largest absolute Gasteiger partial charge is 0.337 e. The molecule has 2 aromatic heterocycles. The van der Waals surface area contributed by atoms with Gasteiger partial charge in [0.25, 0.3) is 0 Å². The fourth-order valence-electron chi connectivity index (χ4n) is 1.70. The predicted octanol–water partition coefficient (Wildman–Crippen LogP) is 5.26. The molecule has 18 heavy (non-hydrogen) atoms. The van der Waals surface area contributed by atoms with E-state index in [2.05, 4.69) is 47.9 Å². The van der Waals surface area contributed by atoms with E-state index in [4.69, 9.17) is 0 Å². The Morgan fingerprint density at radius 1 is 1.28 bits per heavy atom. The van der Waals surface area contributed by atoms with Gasteiger partial charge in [-0.05, 0) is 56.5 Å². The van der Waals surface area contributed by atoms with Gasteiger partial charge in [-0.15, -0.1) is 11.3 Å². The van der Waals surface area contributed by atoms with Crippen LogP contribution in [0.2, 0.25) is 0 Å². The van der Waals surface area contributed by atoms with E-state index in [1.54, 1.807) is 17.4 Å². The number of thiophene rings is 1. The van der Waals surface area contributed by atoms with Gasteiger partial charge in [-0.25, -0.2) is 9.37 Å². The number of aromatic amines is 1. The second-order valence-corrected chi connectivity index (χ2v) is 7.16. The van der Waals surface area contributed by atoms with E-state index >= 15 is 0 Å². The van der Waals surface area contributed by atoms with Gasteiger partial charge in [-0.2, -0.15) is 0 Å². The van der Waals surface area contributed by atoms with Gasteiger partial charge in [0.15, 0.2) is 0 Å². The van der Waals surface area contributed by atoms with Gasteiger partial charge in [0, 0.05) is 6.07 Å². The van der Waals surface area contributed by atoms with Crippen LogP contribution >= 0.6 is 43.2 Å². The zero-order valence-electron chi connectivity index (χ0n) is 9.22. The Bertz CT molecular complexity index is 689. The maximum Gasteiger partial charge on any atom is 0.148 e. The first-order valence-corrected chi connectivity index (χ1v) is 7.56. The molecule has 0 fully saturated rings. The van der Waals surface area contributed by atoms with Gasteiger partial charge >= 0.3 is 0 Å². The van der Waals surface area contributed by atoms with Crippen LogP contribution in [0.15, 0.2) is 26.5 Å². The number of hydrogen-bond donors (Lipinski definition) is 1. The summed E-state index contributed by atoms with van der Waals surface area (Å²) in [7, 11) is 0. The minimum Gasteiger partial charge on any atom is -0.337 e. The number of aromatic nitrogens is 2. The molecule has 6 heteroatoms. The Labute approximate surface area is 124 Å². The Morgan fingerprint density at radius 3 is 2.72 bits per heavy atom. The zero-order chi connectivity index (χ0) is 12.9. The monoisotopic (exact) mass is 388 g/mol. The lowest BCUT2D eigenvalue weighted by Gasteiger charge is -1.92. The molecule has 92 valence electrons. The van der Waals surface area contributed by atoms with Crippen LogP contribution in [0.4, 0.5) is 4.39 Å². The van der Waals surface area contributed by atoms with Gasteiger partial charge in [-0.1, -0.05) is 0 Å². The zero-order valence-corrected chi connectivity index (χ0v) is 13.2. The average molecular weight is 390 g/mol. The fourth-order valence-corrected chi connectivity index (χ4v) is 3.51. The number of nitrogens with one attached hydrogen (secondary N) is 1. The molecule has 0 aliphatic carbocycles. The number of imidazole rings is 1. The van der Waals surface area contributed by atoms with Crippen LogP contribution < -0.4 is 0 Å². The van der Waals surface area contributed by atoms with Crippen LogP contribution in [0.3, 0.4) is 0 Å². The maximum absolute atomic E-state index is 13.4. The first kappa shape index (κ1) is 12.3. The van der Waals surface area contributed by atoms with Crippen molar-refractivity contribution in [2.24, 2.45) is 0 Å². The number of benzene rings is 1. The van der Waals surface area contributed by atoms with Crippen molar-refractivity contribution in [2.45, 2.75) is 6.92 Å². The van der Waals surface area contributed by atoms with Crippen molar-refractivity contribution in [2.75, 3.05) is 0 Å². The van der Waals surface area contributed by atoms with Gasteiger partial charge in [-0.3, -0.25) is 0 Å². The molecule has 0 amide bonds. The smallest absolute Gasteiger partial charge is 0.148 e. The van der Waals surface area contributed by atoms with Crippen LogP contribution in [0.25, 0.3) is 21.7 Å². The number of rotatable bonds is 1. The molecule has 3 aromatic rings. The Morgan fingerprint density at radius 2 is 2.06 bits per heavy atom. The van der Waals surface area contributed by atoms with Crippen molar-refractivity contribution in [3.05, 3.63) is 37.8 Å². The highest BCUT2D eigenvalue weighted by Crippen LogP contribution is 2.34. The fraction of sp³-hybridized carbons (Fsp3) is 0.0833. The molecule has 0 atom stereocenters. The predicted molar refractivity (Wildman–Crippen MR) is 79.5 cm³/mol. The molecule has 0 spiro atoms. The summed E-state index contributed by atoms with van der Waals surface area (Å²) in [6.07, 6.45) is 0. The second-order valence-electron chi connectivity index (χ2n) is 3.94. The number of hydrogen-bond acceptors (Lipinski definition) is 2. The van der Waals surface area contributed by atoms with Crippen molar-refractivity contribution in [1.82, 2.24) is 9.97 Å². The third kappa shape index (κ3) is 2.02. The number of fused-ring (bicyclic) bond motifs is 1. The lowest BCUT2D eigenvalue weighted by Crippen LogP contribution is -1.77. The highest BCUT2D eigenvalue weighted by molar-refractivity contribution is 9.11. The van der Waals surface area contributed by atoms with Crippen LogP contribution in [0, 0.1) is 12.7 Å². The highest BCUT2D eigenvalue weighted by Gasteiger charge is 2.11. The van der Waals surface area contributed by atoms with Crippen molar-refractivity contribution in [1.29, 1.82) is 0 Å². The molecular formula is C12H7Br2FN2S. The number of H-pyrrole nitrogens is 1. The van der Waals surface area contributed by atoms with E-state index < -0.39 is 0 Å². The van der Waals surface area contributed by atoms with E-state index in [0.29, 0.717) is 9.99 Å². The lowest BCUT2D eigenvalue weighted by atomic mass is 10.3. The van der Waals surface area contributed by atoms with E-state index in [0.717, 1.165) is 20.0 Å². The van der Waals surface area contributed by atoms with Crippen LogP contribution in [0.1, 0.15) is 5.56 Å². The first-order chi connectivity index (χ1) is 8.54. The molecule has 0 saturated carbocycles. The lowest BCUT2D eigenvalue weighted by molar-refractivity contribution is 0.623. The SMILES string of the molecule is Cc1cc(-c2nc3cc(Br)c(F)cc3[nH]2)sc1Br. The molecule has 0 aliphatic heterocycles. The minimum absolute atomic E-state index is 0.291. The normalized spacial score (nSPS) is 11.3. The Hall–Kier alpha value is -0.720. The molecule has 0 bridgehead atoms. The van der Waals surface area contributed by atoms with Crippen LogP contribution in [-0.2, 0) is 0 Å². The van der Waals surface area contributed by atoms with Crippen molar-refractivity contribution < 1.29 is 4.39 Å². The quantitative estimate of drug-likeness (QED) is 0.603. The van der Waals surface area contributed by atoms with Gasteiger partial charge < -0.3 is 4.98 Å². The van der Waals surface area contributed by atoms with Crippen molar-refractivity contribution in [3.8, 4) is 10.7 Å². The first-order valence-electron chi connectivity index (χ1n) is 5.15. The molecule has 2 nitrogen and oxygen atoms in total. The molecule has 0 aliphatic rings.